The first-order valence-electron chi connectivity index (χ1n) is 8.24. The number of piperidine rings is 1. The molecule has 3 heteroatoms. The summed E-state index contributed by atoms with van der Waals surface area (Å²) in [6.07, 6.45) is 2.14. The van der Waals surface area contributed by atoms with Crippen molar-refractivity contribution in [3.05, 3.63) is 71.3 Å². The molecule has 1 fully saturated rings. The van der Waals surface area contributed by atoms with E-state index in [1.165, 1.54) is 11.1 Å². The summed E-state index contributed by atoms with van der Waals surface area (Å²) in [7, 11) is 0. The van der Waals surface area contributed by atoms with E-state index >= 15 is 0 Å². The van der Waals surface area contributed by atoms with Gasteiger partial charge in [0.15, 0.2) is 0 Å². The predicted molar refractivity (Wildman–Crippen MR) is 91.3 cm³/mol. The molecule has 1 saturated heterocycles. The zero-order valence-corrected chi connectivity index (χ0v) is 13.6. The van der Waals surface area contributed by atoms with Crippen LogP contribution in [0, 0.1) is 6.92 Å². The standard InChI is InChI=1S/C20H23NO2/c1-16-9-11-17(12-10-16)15-23-19-8-5-13-21(14-19)20(22)18-6-3-2-4-7-18/h2-4,6-7,9-12,19H,5,8,13-15H2,1H3. The number of carbonyl (C=O) groups is 1. The number of likely N-dealkylation sites (tertiary alicyclic amines) is 1. The minimum absolute atomic E-state index is 0.106. The molecule has 0 radical (unpaired) electrons. The molecule has 0 aliphatic carbocycles. The van der Waals surface area contributed by atoms with E-state index in [1.54, 1.807) is 0 Å². The van der Waals surface area contributed by atoms with E-state index in [1.807, 2.05) is 35.2 Å². The number of hydrogen-bond donors (Lipinski definition) is 0. The van der Waals surface area contributed by atoms with Crippen molar-refractivity contribution in [3.63, 3.8) is 0 Å². The molecule has 2 aromatic rings. The first-order chi connectivity index (χ1) is 11.2. The van der Waals surface area contributed by atoms with Crippen LogP contribution < -0.4 is 0 Å². The van der Waals surface area contributed by atoms with Crippen molar-refractivity contribution in [3.8, 4) is 0 Å². The SMILES string of the molecule is Cc1ccc(COC2CCCN(C(=O)c3ccccc3)C2)cc1. The van der Waals surface area contributed by atoms with Crippen LogP contribution in [-0.4, -0.2) is 30.0 Å². The van der Waals surface area contributed by atoms with Crippen LogP contribution >= 0.6 is 0 Å². The Morgan fingerprint density at radius 3 is 2.61 bits per heavy atom. The molecule has 120 valence electrons. The van der Waals surface area contributed by atoms with Gasteiger partial charge in [0.2, 0.25) is 0 Å². The Morgan fingerprint density at radius 1 is 1.13 bits per heavy atom. The number of rotatable bonds is 4. The molecule has 3 rings (SSSR count). The summed E-state index contributed by atoms with van der Waals surface area (Å²) >= 11 is 0. The van der Waals surface area contributed by atoms with E-state index in [0.29, 0.717) is 13.2 Å². The molecule has 23 heavy (non-hydrogen) atoms. The predicted octanol–water partition coefficient (Wildman–Crippen LogP) is 3.82. The van der Waals surface area contributed by atoms with Gasteiger partial charge in [0, 0.05) is 18.7 Å². The summed E-state index contributed by atoms with van der Waals surface area (Å²) in [5.74, 6) is 0.106. The third-order valence-electron chi connectivity index (χ3n) is 4.29. The third kappa shape index (κ3) is 4.20. The lowest BCUT2D eigenvalue weighted by Crippen LogP contribution is -2.43. The summed E-state index contributed by atoms with van der Waals surface area (Å²) in [6, 6.07) is 17.9. The Bertz CT molecular complexity index is 636. The van der Waals surface area contributed by atoms with Crippen LogP contribution in [0.4, 0.5) is 0 Å². The normalized spacial score (nSPS) is 18.0. The number of carbonyl (C=O) groups excluding carboxylic acids is 1. The van der Waals surface area contributed by atoms with Gasteiger partial charge in [-0.05, 0) is 37.5 Å². The topological polar surface area (TPSA) is 29.5 Å². The van der Waals surface area contributed by atoms with Crippen LogP contribution in [0.3, 0.4) is 0 Å². The van der Waals surface area contributed by atoms with Gasteiger partial charge in [-0.1, -0.05) is 48.0 Å². The maximum Gasteiger partial charge on any atom is 0.253 e. The molecule has 1 aliphatic rings. The summed E-state index contributed by atoms with van der Waals surface area (Å²) in [4.78, 5) is 14.4. The second-order valence-corrected chi connectivity index (χ2v) is 6.18. The zero-order chi connectivity index (χ0) is 16.1. The molecule has 2 aromatic carbocycles. The van der Waals surface area contributed by atoms with Crippen LogP contribution in [-0.2, 0) is 11.3 Å². The Morgan fingerprint density at radius 2 is 1.87 bits per heavy atom. The second kappa shape index (κ2) is 7.42. The van der Waals surface area contributed by atoms with Gasteiger partial charge in [-0.25, -0.2) is 0 Å². The number of ether oxygens (including phenoxy) is 1. The highest BCUT2D eigenvalue weighted by Gasteiger charge is 2.24. The molecule has 1 aliphatic heterocycles. The molecular weight excluding hydrogens is 286 g/mol. The van der Waals surface area contributed by atoms with E-state index in [-0.39, 0.29) is 12.0 Å². The second-order valence-electron chi connectivity index (χ2n) is 6.18. The van der Waals surface area contributed by atoms with Gasteiger partial charge in [-0.3, -0.25) is 4.79 Å². The maximum absolute atomic E-state index is 12.5. The van der Waals surface area contributed by atoms with Crippen molar-refractivity contribution in [2.24, 2.45) is 0 Å². The summed E-state index contributed by atoms with van der Waals surface area (Å²) in [5, 5.41) is 0. The van der Waals surface area contributed by atoms with Crippen LogP contribution in [0.25, 0.3) is 0 Å². The minimum Gasteiger partial charge on any atom is -0.372 e. The largest absolute Gasteiger partial charge is 0.372 e. The fourth-order valence-corrected chi connectivity index (χ4v) is 2.92. The molecule has 0 bridgehead atoms. The first-order valence-corrected chi connectivity index (χ1v) is 8.24. The van der Waals surface area contributed by atoms with Gasteiger partial charge >= 0.3 is 0 Å². The van der Waals surface area contributed by atoms with E-state index in [0.717, 1.165) is 24.9 Å². The summed E-state index contributed by atoms with van der Waals surface area (Å²) in [5.41, 5.74) is 3.19. The van der Waals surface area contributed by atoms with Gasteiger partial charge in [0.1, 0.15) is 0 Å². The highest BCUT2D eigenvalue weighted by molar-refractivity contribution is 5.94. The Labute approximate surface area is 137 Å². The lowest BCUT2D eigenvalue weighted by atomic mass is 10.1. The number of amides is 1. The van der Waals surface area contributed by atoms with Crippen molar-refractivity contribution >= 4 is 5.91 Å². The lowest BCUT2D eigenvalue weighted by Gasteiger charge is -2.32. The van der Waals surface area contributed by atoms with E-state index in [2.05, 4.69) is 31.2 Å². The smallest absolute Gasteiger partial charge is 0.253 e. The van der Waals surface area contributed by atoms with Crippen LogP contribution in [0.1, 0.15) is 34.3 Å². The molecule has 1 heterocycles. The van der Waals surface area contributed by atoms with Gasteiger partial charge < -0.3 is 9.64 Å². The van der Waals surface area contributed by atoms with Crippen molar-refractivity contribution in [1.29, 1.82) is 0 Å². The zero-order valence-electron chi connectivity index (χ0n) is 13.6. The molecule has 1 amide bonds. The summed E-state index contributed by atoms with van der Waals surface area (Å²) < 4.78 is 6.03. The van der Waals surface area contributed by atoms with Gasteiger partial charge in [0.25, 0.3) is 5.91 Å². The first kappa shape index (κ1) is 15.8. The molecule has 0 saturated carbocycles. The minimum atomic E-state index is 0.106. The monoisotopic (exact) mass is 309 g/mol. The highest BCUT2D eigenvalue weighted by atomic mass is 16.5. The van der Waals surface area contributed by atoms with Crippen LogP contribution in [0.2, 0.25) is 0 Å². The van der Waals surface area contributed by atoms with Gasteiger partial charge in [-0.2, -0.15) is 0 Å². The number of nitrogens with zero attached hydrogens (tertiary/aromatic N) is 1. The summed E-state index contributed by atoms with van der Waals surface area (Å²) in [6.45, 7) is 4.19. The fraction of sp³-hybridized carbons (Fsp3) is 0.350. The third-order valence-corrected chi connectivity index (χ3v) is 4.29. The average Bonchev–Trinajstić information content (AvgIpc) is 2.61. The Hall–Kier alpha value is -2.13. The fourth-order valence-electron chi connectivity index (χ4n) is 2.92. The lowest BCUT2D eigenvalue weighted by molar-refractivity contribution is -0.00673. The highest BCUT2D eigenvalue weighted by Crippen LogP contribution is 2.17. The Kier molecular flexibility index (Phi) is 5.09. The van der Waals surface area contributed by atoms with Gasteiger partial charge in [-0.15, -0.1) is 0 Å². The maximum atomic E-state index is 12.5. The number of benzene rings is 2. The average molecular weight is 309 g/mol. The molecule has 0 aromatic heterocycles. The molecular formula is C20H23NO2. The molecule has 0 spiro atoms. The number of hydrogen-bond acceptors (Lipinski definition) is 2. The van der Waals surface area contributed by atoms with Crippen molar-refractivity contribution < 1.29 is 9.53 Å². The van der Waals surface area contributed by atoms with Crippen molar-refractivity contribution in [1.82, 2.24) is 4.90 Å². The van der Waals surface area contributed by atoms with Crippen molar-refractivity contribution in [2.75, 3.05) is 13.1 Å². The molecule has 1 atom stereocenters. The van der Waals surface area contributed by atoms with E-state index in [9.17, 15) is 4.79 Å². The van der Waals surface area contributed by atoms with Crippen LogP contribution in [0.5, 0.6) is 0 Å². The Balaban J connectivity index is 1.56. The molecule has 1 unspecified atom stereocenters. The number of aryl methyl sites for hydroxylation is 1. The van der Waals surface area contributed by atoms with Crippen molar-refractivity contribution in [2.45, 2.75) is 32.5 Å². The van der Waals surface area contributed by atoms with Crippen LogP contribution in [0.15, 0.2) is 54.6 Å². The van der Waals surface area contributed by atoms with E-state index < -0.39 is 0 Å². The molecule has 3 nitrogen and oxygen atoms in total. The van der Waals surface area contributed by atoms with Gasteiger partial charge in [0.05, 0.1) is 12.7 Å². The van der Waals surface area contributed by atoms with E-state index in [4.69, 9.17) is 4.74 Å². The molecule has 0 N–H and O–H groups in total. The quantitative estimate of drug-likeness (QED) is 0.859.